The molecule has 1 N–H and O–H groups in total. The van der Waals surface area contributed by atoms with Crippen LogP contribution in [0.3, 0.4) is 0 Å². The summed E-state index contributed by atoms with van der Waals surface area (Å²) < 4.78 is 33.4. The van der Waals surface area contributed by atoms with Crippen LogP contribution in [0.1, 0.15) is 118 Å². The third-order valence-electron chi connectivity index (χ3n) is 13.3. The van der Waals surface area contributed by atoms with Crippen LogP contribution in [0.2, 0.25) is 0 Å². The Hall–Kier alpha value is -2.23. The number of nitrogens with zero attached hydrogens (tertiary/aromatic N) is 1. The van der Waals surface area contributed by atoms with Crippen LogP contribution in [-0.4, -0.2) is 60.8 Å². The SMILES string of the molecule is C=C[C@@H]1C[C@]1(CC(=O)[C@@H]1C[C@@]2(CN1C(=O)[C@@H](CC(=O)OC1CCCC1)C(C)(C)C)C(C)(C)C21CCC1)C(=O)NS(=O)(=O)C1CC1. The van der Waals surface area contributed by atoms with Crippen molar-refractivity contribution in [3.8, 4) is 0 Å². The zero-order valence-electron chi connectivity index (χ0n) is 27.8. The fraction of sp³-hybridized carbons (Fsp3) is 0.829. The van der Waals surface area contributed by atoms with Crippen LogP contribution < -0.4 is 4.72 Å². The standard InChI is InChI=1S/C35H52N2O7S/c1-7-22-18-33(22,30(41)36-45(42,43)24-13-14-24)20-27(38)26-19-35(32(5,6)34(35)15-10-16-34)21-37(26)29(40)25(31(2,3)4)17-28(39)44-23-11-8-9-12-23/h7,22-26H,1,8-21H2,2-6H3,(H,36,41)/t22-,25-,26+,33-,35-/m1/s1. The van der Waals surface area contributed by atoms with Gasteiger partial charge in [-0.25, -0.2) is 8.42 Å². The van der Waals surface area contributed by atoms with Gasteiger partial charge in [-0.2, -0.15) is 0 Å². The minimum Gasteiger partial charge on any atom is -0.462 e. The molecule has 6 aliphatic rings. The molecule has 2 spiro atoms. The summed E-state index contributed by atoms with van der Waals surface area (Å²) in [5.74, 6) is -2.39. The number of allylic oxidation sites excluding steroid dienone is 1. The van der Waals surface area contributed by atoms with Crippen LogP contribution in [0.15, 0.2) is 12.7 Å². The average Bonchev–Trinajstić information content (AvgIpc) is 3.85. The van der Waals surface area contributed by atoms with Crippen LogP contribution in [0.4, 0.5) is 0 Å². The molecule has 250 valence electrons. The number of fused-ring (bicyclic) bond motifs is 1. The predicted octanol–water partition coefficient (Wildman–Crippen LogP) is 5.08. The number of hydrogen-bond acceptors (Lipinski definition) is 7. The summed E-state index contributed by atoms with van der Waals surface area (Å²) in [5.41, 5.74) is -1.88. The number of carbonyl (C=O) groups excluding carboxylic acids is 4. The monoisotopic (exact) mass is 644 g/mol. The number of likely N-dealkylation sites (tertiary alicyclic amines) is 1. The summed E-state index contributed by atoms with van der Waals surface area (Å²) in [4.78, 5) is 57.4. The van der Waals surface area contributed by atoms with E-state index in [-0.39, 0.29) is 58.8 Å². The van der Waals surface area contributed by atoms with E-state index in [9.17, 15) is 27.6 Å². The first-order valence-electron chi connectivity index (χ1n) is 17.2. The van der Waals surface area contributed by atoms with E-state index in [0.717, 1.165) is 44.9 Å². The lowest BCUT2D eigenvalue weighted by molar-refractivity contribution is -0.156. The van der Waals surface area contributed by atoms with E-state index < -0.39 is 44.0 Å². The highest BCUT2D eigenvalue weighted by Gasteiger charge is 2.85. The summed E-state index contributed by atoms with van der Waals surface area (Å²) in [7, 11) is -3.78. The van der Waals surface area contributed by atoms with E-state index in [2.05, 4.69) is 25.1 Å². The number of ether oxygens (including phenoxy) is 1. The van der Waals surface area contributed by atoms with Crippen LogP contribution in [0.5, 0.6) is 0 Å². The first kappa shape index (κ1) is 32.7. The summed E-state index contributed by atoms with van der Waals surface area (Å²) in [6.07, 6.45) is 10.4. The van der Waals surface area contributed by atoms with Gasteiger partial charge in [0.15, 0.2) is 5.78 Å². The fourth-order valence-corrected chi connectivity index (χ4v) is 11.2. The second-order valence-corrected chi connectivity index (χ2v) is 18.8. The summed E-state index contributed by atoms with van der Waals surface area (Å²) >= 11 is 0. The lowest BCUT2D eigenvalue weighted by Gasteiger charge is -2.35. The number of Topliss-reactive ketones (excluding diaryl/α,β-unsaturated/α-hetero) is 1. The highest BCUT2D eigenvalue weighted by molar-refractivity contribution is 7.90. The molecule has 5 aliphatic carbocycles. The van der Waals surface area contributed by atoms with Gasteiger partial charge in [0.25, 0.3) is 0 Å². The smallest absolute Gasteiger partial charge is 0.306 e. The molecule has 45 heavy (non-hydrogen) atoms. The maximum absolute atomic E-state index is 14.6. The molecule has 0 radical (unpaired) electrons. The minimum absolute atomic E-state index is 0.0400. The lowest BCUT2D eigenvalue weighted by Crippen LogP contribution is -2.48. The Morgan fingerprint density at radius 1 is 1.00 bits per heavy atom. The van der Waals surface area contributed by atoms with Gasteiger partial charge >= 0.3 is 5.97 Å². The van der Waals surface area contributed by atoms with E-state index in [1.165, 1.54) is 0 Å². The molecule has 10 heteroatoms. The summed E-state index contributed by atoms with van der Waals surface area (Å²) in [5, 5.41) is -0.552. The van der Waals surface area contributed by atoms with Gasteiger partial charge in [0.2, 0.25) is 21.8 Å². The molecule has 6 rings (SSSR count). The number of nitrogens with one attached hydrogen (secondary N) is 1. The number of amides is 2. The van der Waals surface area contributed by atoms with Crippen molar-refractivity contribution in [3.63, 3.8) is 0 Å². The Morgan fingerprint density at radius 2 is 1.64 bits per heavy atom. The molecule has 5 saturated carbocycles. The Labute approximate surface area is 268 Å². The molecule has 9 nitrogen and oxygen atoms in total. The zero-order chi connectivity index (χ0) is 32.8. The van der Waals surface area contributed by atoms with Gasteiger partial charge < -0.3 is 9.64 Å². The van der Waals surface area contributed by atoms with E-state index in [1.807, 2.05) is 20.8 Å². The van der Waals surface area contributed by atoms with E-state index in [1.54, 1.807) is 11.0 Å². The number of rotatable bonds is 11. The van der Waals surface area contributed by atoms with Gasteiger partial charge in [-0.05, 0) is 86.4 Å². The van der Waals surface area contributed by atoms with Gasteiger partial charge in [0.1, 0.15) is 6.10 Å². The number of hydrogen-bond donors (Lipinski definition) is 1. The van der Waals surface area contributed by atoms with Crippen molar-refractivity contribution >= 4 is 33.6 Å². The molecular formula is C35H52N2O7S. The summed E-state index contributed by atoms with van der Waals surface area (Å²) in [6.45, 7) is 14.7. The minimum atomic E-state index is -3.78. The molecule has 0 unspecified atom stereocenters. The second-order valence-electron chi connectivity index (χ2n) is 16.9. The second kappa shape index (κ2) is 10.6. The van der Waals surface area contributed by atoms with Crippen molar-refractivity contribution in [3.05, 3.63) is 12.7 Å². The van der Waals surface area contributed by atoms with Crippen LogP contribution in [0.25, 0.3) is 0 Å². The molecule has 5 atom stereocenters. The maximum Gasteiger partial charge on any atom is 0.306 e. The molecule has 0 bridgehead atoms. The first-order valence-corrected chi connectivity index (χ1v) is 18.7. The zero-order valence-corrected chi connectivity index (χ0v) is 28.6. The van der Waals surface area contributed by atoms with Crippen LogP contribution in [-0.2, 0) is 33.9 Å². The van der Waals surface area contributed by atoms with E-state index >= 15 is 0 Å². The van der Waals surface area contributed by atoms with Gasteiger partial charge in [-0.15, -0.1) is 6.58 Å². The van der Waals surface area contributed by atoms with Gasteiger partial charge in [0.05, 0.1) is 29.0 Å². The molecule has 6 fully saturated rings. The van der Waals surface area contributed by atoms with Crippen molar-refractivity contribution in [2.75, 3.05) is 6.54 Å². The number of ketones is 1. The van der Waals surface area contributed by atoms with Crippen molar-refractivity contribution in [2.24, 2.45) is 38.9 Å². The molecule has 0 aromatic rings. The largest absolute Gasteiger partial charge is 0.462 e. The molecule has 1 aliphatic heterocycles. The Bertz CT molecular complexity index is 1400. The average molecular weight is 645 g/mol. The Balaban J connectivity index is 1.26. The normalized spacial score (nSPS) is 33.8. The van der Waals surface area contributed by atoms with Gasteiger partial charge in [-0.3, -0.25) is 23.9 Å². The third kappa shape index (κ3) is 5.10. The van der Waals surface area contributed by atoms with E-state index in [0.29, 0.717) is 32.2 Å². The van der Waals surface area contributed by atoms with E-state index in [4.69, 9.17) is 4.74 Å². The maximum atomic E-state index is 14.6. The quantitative estimate of drug-likeness (QED) is 0.246. The molecule has 2 amide bonds. The molecule has 0 aromatic carbocycles. The lowest BCUT2D eigenvalue weighted by atomic mass is 9.73. The topological polar surface area (TPSA) is 127 Å². The Morgan fingerprint density at radius 3 is 2.13 bits per heavy atom. The molecule has 1 heterocycles. The number of esters is 1. The molecule has 1 saturated heterocycles. The van der Waals surface area contributed by atoms with Gasteiger partial charge in [-0.1, -0.05) is 47.1 Å². The predicted molar refractivity (Wildman–Crippen MR) is 169 cm³/mol. The van der Waals surface area contributed by atoms with Crippen molar-refractivity contribution in [1.82, 2.24) is 9.62 Å². The van der Waals surface area contributed by atoms with Crippen molar-refractivity contribution in [1.29, 1.82) is 0 Å². The first-order chi connectivity index (χ1) is 20.9. The van der Waals surface area contributed by atoms with Crippen LogP contribution >= 0.6 is 0 Å². The molecular weight excluding hydrogens is 592 g/mol. The summed E-state index contributed by atoms with van der Waals surface area (Å²) in [6, 6.07) is -0.733. The van der Waals surface area contributed by atoms with Gasteiger partial charge in [0, 0.05) is 18.4 Å². The van der Waals surface area contributed by atoms with Crippen molar-refractivity contribution < 1.29 is 32.3 Å². The Kier molecular flexibility index (Phi) is 7.73. The number of sulfonamides is 1. The fourth-order valence-electron chi connectivity index (χ4n) is 9.80. The highest BCUT2D eigenvalue weighted by atomic mass is 32.2. The third-order valence-corrected chi connectivity index (χ3v) is 15.2. The van der Waals surface area contributed by atoms with Crippen molar-refractivity contribution in [2.45, 2.75) is 135 Å². The van der Waals surface area contributed by atoms with Crippen LogP contribution in [0, 0.1) is 38.9 Å². The highest BCUT2D eigenvalue weighted by Crippen LogP contribution is 2.88. The number of carbonyl (C=O) groups is 4. The molecule has 0 aromatic heterocycles.